The Morgan fingerprint density at radius 3 is 2.30 bits per heavy atom. The number of rotatable bonds is 7. The molecule has 1 amide bonds. The average Bonchev–Trinajstić information content (AvgIpc) is 2.75. The van der Waals surface area contributed by atoms with Gasteiger partial charge in [0.15, 0.2) is 0 Å². The van der Waals surface area contributed by atoms with E-state index >= 15 is 0 Å². The standard InChI is InChI=1S/C21H18ClN3O4S/c22-17-10-12-18(13-11-17)25(30(28,29)19-7-2-1-3-8-19)15-21(27)24-23-14-16-6-4-5-9-20(16)26/h1-14,26H,15H2,(H,24,27)/b23-14-. The lowest BCUT2D eigenvalue weighted by Gasteiger charge is -2.23. The molecule has 3 aromatic carbocycles. The molecule has 30 heavy (non-hydrogen) atoms. The van der Waals surface area contributed by atoms with E-state index in [-0.39, 0.29) is 16.3 Å². The fourth-order valence-electron chi connectivity index (χ4n) is 2.58. The van der Waals surface area contributed by atoms with E-state index in [0.717, 1.165) is 4.31 Å². The molecule has 0 spiro atoms. The normalized spacial score (nSPS) is 11.4. The summed E-state index contributed by atoms with van der Waals surface area (Å²) in [4.78, 5) is 12.5. The van der Waals surface area contributed by atoms with Crippen molar-refractivity contribution in [2.75, 3.05) is 10.8 Å². The largest absolute Gasteiger partial charge is 0.507 e. The molecule has 0 fully saturated rings. The molecule has 0 aromatic heterocycles. The second kappa shape index (κ2) is 9.43. The molecule has 0 aliphatic heterocycles. The van der Waals surface area contributed by atoms with Gasteiger partial charge in [0.25, 0.3) is 15.9 Å². The first-order valence-corrected chi connectivity index (χ1v) is 10.6. The minimum absolute atomic E-state index is 0.00458. The van der Waals surface area contributed by atoms with Gasteiger partial charge in [-0.15, -0.1) is 0 Å². The number of hydrazone groups is 1. The van der Waals surface area contributed by atoms with Crippen LogP contribution in [0.15, 0.2) is 88.9 Å². The molecule has 0 radical (unpaired) electrons. The second-order valence-electron chi connectivity index (χ2n) is 6.15. The summed E-state index contributed by atoms with van der Waals surface area (Å²) in [5.74, 6) is -0.652. The molecule has 0 saturated heterocycles. The van der Waals surface area contributed by atoms with Crippen LogP contribution in [0.5, 0.6) is 5.75 Å². The van der Waals surface area contributed by atoms with Crippen LogP contribution >= 0.6 is 11.6 Å². The number of hydrogen-bond donors (Lipinski definition) is 2. The van der Waals surface area contributed by atoms with Crippen LogP contribution in [0.3, 0.4) is 0 Å². The minimum Gasteiger partial charge on any atom is -0.507 e. The highest BCUT2D eigenvalue weighted by molar-refractivity contribution is 7.92. The van der Waals surface area contributed by atoms with Gasteiger partial charge in [0.2, 0.25) is 0 Å². The van der Waals surface area contributed by atoms with Crippen LogP contribution in [0, 0.1) is 0 Å². The monoisotopic (exact) mass is 443 g/mol. The van der Waals surface area contributed by atoms with Crippen molar-refractivity contribution >= 4 is 39.4 Å². The number of benzene rings is 3. The third-order valence-electron chi connectivity index (χ3n) is 4.06. The molecule has 0 atom stereocenters. The highest BCUT2D eigenvalue weighted by atomic mass is 35.5. The maximum absolute atomic E-state index is 13.1. The van der Waals surface area contributed by atoms with Gasteiger partial charge in [-0.1, -0.05) is 41.9 Å². The first-order chi connectivity index (χ1) is 14.4. The van der Waals surface area contributed by atoms with Crippen LogP contribution in [0.25, 0.3) is 0 Å². The van der Waals surface area contributed by atoms with Gasteiger partial charge in [-0.25, -0.2) is 13.8 Å². The van der Waals surface area contributed by atoms with Crippen LogP contribution < -0.4 is 9.73 Å². The van der Waals surface area contributed by atoms with Gasteiger partial charge in [0.05, 0.1) is 16.8 Å². The van der Waals surface area contributed by atoms with Crippen molar-refractivity contribution in [2.45, 2.75) is 4.90 Å². The van der Waals surface area contributed by atoms with Crippen LogP contribution in [0.2, 0.25) is 5.02 Å². The summed E-state index contributed by atoms with van der Waals surface area (Å²) < 4.78 is 27.2. The molecular weight excluding hydrogens is 426 g/mol. The van der Waals surface area contributed by atoms with Crippen molar-refractivity contribution in [1.82, 2.24) is 5.43 Å². The Bertz CT molecular complexity index is 1150. The van der Waals surface area contributed by atoms with Gasteiger partial charge < -0.3 is 5.11 Å². The zero-order valence-corrected chi connectivity index (χ0v) is 17.2. The number of carbonyl (C=O) groups excluding carboxylic acids is 1. The SMILES string of the molecule is O=C(CN(c1ccc(Cl)cc1)S(=O)(=O)c1ccccc1)N/N=C\c1ccccc1O. The van der Waals surface area contributed by atoms with E-state index in [1.807, 2.05) is 0 Å². The predicted molar refractivity (Wildman–Crippen MR) is 116 cm³/mol. The Morgan fingerprint density at radius 1 is 1.00 bits per heavy atom. The van der Waals surface area contributed by atoms with Crippen LogP contribution in [0.1, 0.15) is 5.56 Å². The van der Waals surface area contributed by atoms with Gasteiger partial charge in [0.1, 0.15) is 12.3 Å². The topological polar surface area (TPSA) is 99.1 Å². The molecular formula is C21H18ClN3O4S. The molecule has 3 rings (SSSR count). The van der Waals surface area contributed by atoms with Gasteiger partial charge in [0, 0.05) is 10.6 Å². The zero-order chi connectivity index (χ0) is 21.6. The average molecular weight is 444 g/mol. The molecule has 0 unspecified atom stereocenters. The number of anilines is 1. The number of carbonyl (C=O) groups is 1. The van der Waals surface area contributed by atoms with Gasteiger partial charge in [-0.2, -0.15) is 5.10 Å². The van der Waals surface area contributed by atoms with Crippen molar-refractivity contribution in [1.29, 1.82) is 0 Å². The number of amides is 1. The van der Waals surface area contributed by atoms with E-state index in [2.05, 4.69) is 10.5 Å². The van der Waals surface area contributed by atoms with Gasteiger partial charge in [-0.05, 0) is 48.5 Å². The summed E-state index contributed by atoms with van der Waals surface area (Å²) in [6, 6.07) is 20.4. The van der Waals surface area contributed by atoms with Crippen LogP contribution in [0.4, 0.5) is 5.69 Å². The maximum atomic E-state index is 13.1. The smallest absolute Gasteiger partial charge is 0.264 e. The van der Waals surface area contributed by atoms with E-state index in [1.165, 1.54) is 36.5 Å². The number of sulfonamides is 1. The number of nitrogens with zero attached hydrogens (tertiary/aromatic N) is 2. The molecule has 2 N–H and O–H groups in total. The number of halogens is 1. The molecule has 0 aliphatic rings. The fraction of sp³-hybridized carbons (Fsp3) is 0.0476. The number of phenolic OH excluding ortho intramolecular Hbond substituents is 1. The molecule has 154 valence electrons. The first-order valence-electron chi connectivity index (χ1n) is 8.81. The molecule has 0 bridgehead atoms. The summed E-state index contributed by atoms with van der Waals surface area (Å²) in [5.41, 5.74) is 2.97. The molecule has 0 aliphatic carbocycles. The molecule has 9 heteroatoms. The molecule has 0 heterocycles. The summed E-state index contributed by atoms with van der Waals surface area (Å²) >= 11 is 5.91. The predicted octanol–water partition coefficient (Wildman–Crippen LogP) is 3.39. The molecule has 0 saturated carbocycles. The Kier molecular flexibility index (Phi) is 6.71. The quantitative estimate of drug-likeness (QED) is 0.432. The number of phenols is 1. The maximum Gasteiger partial charge on any atom is 0.264 e. The Morgan fingerprint density at radius 2 is 1.63 bits per heavy atom. The van der Waals surface area contributed by atoms with E-state index in [1.54, 1.807) is 48.5 Å². The highest BCUT2D eigenvalue weighted by Gasteiger charge is 2.27. The van der Waals surface area contributed by atoms with Crippen molar-refractivity contribution in [2.24, 2.45) is 5.10 Å². The lowest BCUT2D eigenvalue weighted by Crippen LogP contribution is -2.39. The summed E-state index contributed by atoms with van der Waals surface area (Å²) in [6.45, 7) is -0.503. The third-order valence-corrected chi connectivity index (χ3v) is 6.10. The summed E-state index contributed by atoms with van der Waals surface area (Å²) in [5, 5.41) is 14.0. The number of hydrogen-bond acceptors (Lipinski definition) is 5. The van der Waals surface area contributed by atoms with Crippen molar-refractivity contribution < 1.29 is 18.3 Å². The zero-order valence-electron chi connectivity index (χ0n) is 15.6. The lowest BCUT2D eigenvalue weighted by atomic mass is 10.2. The van der Waals surface area contributed by atoms with E-state index in [4.69, 9.17) is 11.6 Å². The Labute approximate surface area is 179 Å². The number of nitrogens with one attached hydrogen (secondary N) is 1. The Balaban J connectivity index is 1.83. The number of aromatic hydroxyl groups is 1. The van der Waals surface area contributed by atoms with Crippen LogP contribution in [-0.2, 0) is 14.8 Å². The number of para-hydroxylation sites is 1. The Hall–Kier alpha value is -3.36. The van der Waals surface area contributed by atoms with Crippen molar-refractivity contribution in [3.8, 4) is 5.75 Å². The lowest BCUT2D eigenvalue weighted by molar-refractivity contribution is -0.119. The summed E-state index contributed by atoms with van der Waals surface area (Å²) in [6.07, 6.45) is 1.27. The third kappa shape index (κ3) is 5.16. The van der Waals surface area contributed by atoms with E-state index in [0.29, 0.717) is 10.6 Å². The van der Waals surface area contributed by atoms with Gasteiger partial charge >= 0.3 is 0 Å². The van der Waals surface area contributed by atoms with E-state index < -0.39 is 22.5 Å². The minimum atomic E-state index is -4.01. The van der Waals surface area contributed by atoms with Crippen molar-refractivity contribution in [3.05, 3.63) is 89.4 Å². The van der Waals surface area contributed by atoms with E-state index in [9.17, 15) is 18.3 Å². The van der Waals surface area contributed by atoms with Crippen LogP contribution in [-0.4, -0.2) is 32.2 Å². The fourth-order valence-corrected chi connectivity index (χ4v) is 4.15. The first kappa shape index (κ1) is 21.4. The summed E-state index contributed by atoms with van der Waals surface area (Å²) in [7, 11) is -4.01. The van der Waals surface area contributed by atoms with Crippen molar-refractivity contribution in [3.63, 3.8) is 0 Å². The molecule has 3 aromatic rings. The molecule has 7 nitrogen and oxygen atoms in total. The second-order valence-corrected chi connectivity index (χ2v) is 8.45. The van der Waals surface area contributed by atoms with Gasteiger partial charge in [-0.3, -0.25) is 9.10 Å². The highest BCUT2D eigenvalue weighted by Crippen LogP contribution is 2.25.